The summed E-state index contributed by atoms with van der Waals surface area (Å²) in [5.41, 5.74) is 3.54. The number of sulfonamides is 1. The zero-order chi connectivity index (χ0) is 23.3. The third kappa shape index (κ3) is 6.31. The van der Waals surface area contributed by atoms with Crippen molar-refractivity contribution in [2.45, 2.75) is 32.1 Å². The van der Waals surface area contributed by atoms with Gasteiger partial charge in [-0.3, -0.25) is 9.52 Å². The molecule has 8 heteroatoms. The summed E-state index contributed by atoms with van der Waals surface area (Å²) in [6.45, 7) is 11.4. The number of piperazine rings is 1. The van der Waals surface area contributed by atoms with Crippen molar-refractivity contribution in [3.8, 4) is 0 Å². The number of likely N-dealkylation sites (N-methyl/N-ethyl adjacent to an activating group) is 1. The fraction of sp³-hybridized carbons (Fsp3) is 0.458. The Morgan fingerprint density at radius 2 is 1.62 bits per heavy atom. The minimum absolute atomic E-state index is 0.112. The van der Waals surface area contributed by atoms with Crippen LogP contribution >= 0.6 is 0 Å². The van der Waals surface area contributed by atoms with Gasteiger partial charge >= 0.3 is 0 Å². The minimum atomic E-state index is -3.81. The molecule has 1 heterocycles. The second-order valence-corrected chi connectivity index (χ2v) is 10.3. The van der Waals surface area contributed by atoms with E-state index in [1.165, 1.54) is 6.07 Å². The summed E-state index contributed by atoms with van der Waals surface area (Å²) in [7, 11) is -1.68. The van der Waals surface area contributed by atoms with Gasteiger partial charge in [0.2, 0.25) is 0 Å². The third-order valence-corrected chi connectivity index (χ3v) is 7.55. The van der Waals surface area contributed by atoms with E-state index in [-0.39, 0.29) is 10.8 Å². The van der Waals surface area contributed by atoms with Crippen LogP contribution < -0.4 is 10.0 Å². The molecule has 2 N–H and O–H groups in total. The first-order valence-electron chi connectivity index (χ1n) is 11.1. The lowest BCUT2D eigenvalue weighted by Crippen LogP contribution is -2.45. The molecule has 2 aromatic carbocycles. The Morgan fingerprint density at radius 1 is 0.938 bits per heavy atom. The highest BCUT2D eigenvalue weighted by atomic mass is 32.2. The van der Waals surface area contributed by atoms with Gasteiger partial charge in [0.05, 0.1) is 4.90 Å². The molecule has 1 aliphatic heterocycles. The van der Waals surface area contributed by atoms with Crippen LogP contribution in [0.5, 0.6) is 0 Å². The van der Waals surface area contributed by atoms with Crippen molar-refractivity contribution in [1.29, 1.82) is 0 Å². The smallest absolute Gasteiger partial charge is 0.262 e. The van der Waals surface area contributed by atoms with Crippen molar-refractivity contribution in [3.05, 3.63) is 58.7 Å². The molecule has 0 aliphatic carbocycles. The van der Waals surface area contributed by atoms with Crippen molar-refractivity contribution < 1.29 is 13.2 Å². The minimum Gasteiger partial charge on any atom is -0.352 e. The fourth-order valence-electron chi connectivity index (χ4n) is 3.72. The predicted octanol–water partition coefficient (Wildman–Crippen LogP) is 2.78. The van der Waals surface area contributed by atoms with E-state index in [1.807, 2.05) is 19.9 Å². The Labute approximate surface area is 191 Å². The lowest BCUT2D eigenvalue weighted by atomic mass is 10.1. The molecular weight excluding hydrogens is 424 g/mol. The maximum absolute atomic E-state index is 13.0. The monoisotopic (exact) mass is 458 g/mol. The molecule has 1 aliphatic rings. The van der Waals surface area contributed by atoms with Crippen LogP contribution in [0, 0.1) is 20.8 Å². The molecule has 174 valence electrons. The van der Waals surface area contributed by atoms with Gasteiger partial charge in [-0.1, -0.05) is 12.1 Å². The first-order chi connectivity index (χ1) is 15.2. The standard InChI is InChI=1S/C24H34N4O3S/c1-18-7-9-22(16-20(18)3)26-32(30,31)23-17-21(8-6-19(23)2)24(29)25-10-5-11-28-14-12-27(4)13-15-28/h6-9,16-17,26H,5,10-15H2,1-4H3,(H,25,29). The molecule has 32 heavy (non-hydrogen) atoms. The van der Waals surface area contributed by atoms with Crippen LogP contribution in [0.3, 0.4) is 0 Å². The molecule has 1 fully saturated rings. The Hall–Kier alpha value is -2.42. The summed E-state index contributed by atoms with van der Waals surface area (Å²) in [6.07, 6.45) is 0.862. The zero-order valence-corrected chi connectivity index (χ0v) is 20.3. The number of carbonyl (C=O) groups excluding carboxylic acids is 1. The van der Waals surface area contributed by atoms with Gasteiger partial charge in [0.1, 0.15) is 0 Å². The fourth-order valence-corrected chi connectivity index (χ4v) is 5.05. The van der Waals surface area contributed by atoms with Gasteiger partial charge in [-0.2, -0.15) is 0 Å². The Kier molecular flexibility index (Phi) is 7.92. The van der Waals surface area contributed by atoms with Crippen LogP contribution in [0.25, 0.3) is 0 Å². The highest BCUT2D eigenvalue weighted by Crippen LogP contribution is 2.22. The highest BCUT2D eigenvalue weighted by Gasteiger charge is 2.20. The van der Waals surface area contributed by atoms with Crippen LogP contribution in [0.15, 0.2) is 41.3 Å². The Balaban J connectivity index is 1.61. The van der Waals surface area contributed by atoms with E-state index in [9.17, 15) is 13.2 Å². The number of benzene rings is 2. The summed E-state index contributed by atoms with van der Waals surface area (Å²) in [5, 5.41) is 2.92. The van der Waals surface area contributed by atoms with Crippen molar-refractivity contribution in [2.24, 2.45) is 0 Å². The van der Waals surface area contributed by atoms with Gasteiger partial charge in [0, 0.05) is 44.0 Å². The molecule has 0 atom stereocenters. The van der Waals surface area contributed by atoms with E-state index >= 15 is 0 Å². The van der Waals surface area contributed by atoms with E-state index in [0.29, 0.717) is 23.4 Å². The number of hydrogen-bond donors (Lipinski definition) is 2. The largest absolute Gasteiger partial charge is 0.352 e. The van der Waals surface area contributed by atoms with Gasteiger partial charge in [0.25, 0.3) is 15.9 Å². The Bertz CT molecular complexity index is 1060. The van der Waals surface area contributed by atoms with E-state index < -0.39 is 10.0 Å². The Morgan fingerprint density at radius 3 is 2.31 bits per heavy atom. The third-order valence-electron chi connectivity index (χ3n) is 6.03. The molecule has 2 aromatic rings. The topological polar surface area (TPSA) is 81.7 Å². The van der Waals surface area contributed by atoms with Crippen molar-refractivity contribution in [3.63, 3.8) is 0 Å². The van der Waals surface area contributed by atoms with E-state index in [2.05, 4.69) is 26.9 Å². The first kappa shape index (κ1) is 24.2. The lowest BCUT2D eigenvalue weighted by molar-refractivity contribution is 0.0949. The average Bonchev–Trinajstić information content (AvgIpc) is 2.75. The van der Waals surface area contributed by atoms with E-state index in [4.69, 9.17) is 0 Å². The summed E-state index contributed by atoms with van der Waals surface area (Å²) in [4.78, 5) is 17.5. The molecule has 0 unspecified atom stereocenters. The maximum atomic E-state index is 13.0. The second kappa shape index (κ2) is 10.5. The van der Waals surface area contributed by atoms with E-state index in [1.54, 1.807) is 31.2 Å². The van der Waals surface area contributed by atoms with Crippen molar-refractivity contribution in [2.75, 3.05) is 51.0 Å². The van der Waals surface area contributed by atoms with Crippen molar-refractivity contribution >= 4 is 21.6 Å². The molecule has 7 nitrogen and oxygen atoms in total. The second-order valence-electron chi connectivity index (χ2n) is 8.64. The molecule has 0 bridgehead atoms. The quantitative estimate of drug-likeness (QED) is 0.595. The summed E-state index contributed by atoms with van der Waals surface area (Å²) in [5.74, 6) is -0.258. The molecule has 0 saturated carbocycles. The number of aryl methyl sites for hydroxylation is 3. The lowest BCUT2D eigenvalue weighted by Gasteiger charge is -2.32. The van der Waals surface area contributed by atoms with Crippen LogP contribution in [0.1, 0.15) is 33.5 Å². The number of carbonyl (C=O) groups is 1. The van der Waals surface area contributed by atoms with Gasteiger partial charge < -0.3 is 15.1 Å². The number of nitrogens with one attached hydrogen (secondary N) is 2. The normalized spacial score (nSPS) is 15.5. The predicted molar refractivity (Wildman–Crippen MR) is 129 cm³/mol. The number of amides is 1. The van der Waals surface area contributed by atoms with Crippen LogP contribution in [0.4, 0.5) is 5.69 Å². The molecule has 1 saturated heterocycles. The first-order valence-corrected chi connectivity index (χ1v) is 12.5. The molecule has 0 aromatic heterocycles. The summed E-state index contributed by atoms with van der Waals surface area (Å²) >= 11 is 0. The van der Waals surface area contributed by atoms with Gasteiger partial charge in [0.15, 0.2) is 0 Å². The number of hydrogen-bond acceptors (Lipinski definition) is 5. The average molecular weight is 459 g/mol. The summed E-state index contributed by atoms with van der Waals surface area (Å²) in [6, 6.07) is 10.2. The number of nitrogens with zero attached hydrogens (tertiary/aromatic N) is 2. The molecule has 1 amide bonds. The molecule has 0 spiro atoms. The summed E-state index contributed by atoms with van der Waals surface area (Å²) < 4.78 is 28.6. The number of anilines is 1. The van der Waals surface area contributed by atoms with Gasteiger partial charge in [-0.15, -0.1) is 0 Å². The highest BCUT2D eigenvalue weighted by molar-refractivity contribution is 7.92. The molecule has 3 rings (SSSR count). The molecule has 0 radical (unpaired) electrons. The SMILES string of the molecule is Cc1ccc(NS(=O)(=O)c2cc(C(=O)NCCCN3CCN(C)CC3)ccc2C)cc1C. The zero-order valence-electron chi connectivity index (χ0n) is 19.4. The van der Waals surface area contributed by atoms with Crippen LogP contribution in [-0.4, -0.2) is 70.4 Å². The molecular formula is C24H34N4O3S. The van der Waals surface area contributed by atoms with Gasteiger partial charge in [-0.25, -0.2) is 8.42 Å². The van der Waals surface area contributed by atoms with Gasteiger partial charge in [-0.05, 0) is 81.7 Å². The number of rotatable bonds is 8. The van der Waals surface area contributed by atoms with E-state index in [0.717, 1.165) is 50.3 Å². The van der Waals surface area contributed by atoms with Crippen LogP contribution in [-0.2, 0) is 10.0 Å². The van der Waals surface area contributed by atoms with Crippen molar-refractivity contribution in [1.82, 2.24) is 15.1 Å². The maximum Gasteiger partial charge on any atom is 0.262 e. The van der Waals surface area contributed by atoms with Crippen LogP contribution in [0.2, 0.25) is 0 Å².